The molecular formula is C13H12BrN3S. The molecule has 92 valence electrons. The third kappa shape index (κ3) is 2.34. The molecule has 0 aliphatic carbocycles. The Labute approximate surface area is 117 Å². The first-order chi connectivity index (χ1) is 8.72. The van der Waals surface area contributed by atoms with Crippen LogP contribution < -0.4 is 5.73 Å². The number of imidazole rings is 1. The number of nitrogens with zero attached hydrogens (tertiary/aromatic N) is 1. The Hall–Kier alpha value is -1.17. The van der Waals surface area contributed by atoms with Gasteiger partial charge in [-0.2, -0.15) is 0 Å². The molecule has 1 atom stereocenters. The second kappa shape index (κ2) is 4.84. The molecule has 3 N–H and O–H groups in total. The maximum Gasteiger partial charge on any atom is 0.109 e. The molecule has 0 bridgehead atoms. The maximum absolute atomic E-state index is 6.19. The van der Waals surface area contributed by atoms with Crippen molar-refractivity contribution < 1.29 is 0 Å². The summed E-state index contributed by atoms with van der Waals surface area (Å²) in [6.07, 6.45) is 0.724. The Morgan fingerprint density at radius 2 is 2.22 bits per heavy atom. The minimum atomic E-state index is -0.0122. The molecule has 0 unspecified atom stereocenters. The molecule has 5 heteroatoms. The summed E-state index contributed by atoms with van der Waals surface area (Å²) in [5.74, 6) is 0.938. The van der Waals surface area contributed by atoms with E-state index in [0.717, 1.165) is 27.8 Å². The predicted octanol–water partition coefficient (Wildman–Crippen LogP) is 3.63. The zero-order valence-corrected chi connectivity index (χ0v) is 12.0. The van der Waals surface area contributed by atoms with E-state index < -0.39 is 0 Å². The molecule has 0 amide bonds. The fourth-order valence-electron chi connectivity index (χ4n) is 1.93. The van der Waals surface area contributed by atoms with Gasteiger partial charge in [-0.25, -0.2) is 4.98 Å². The van der Waals surface area contributed by atoms with Gasteiger partial charge in [-0.15, -0.1) is 11.3 Å². The molecular weight excluding hydrogens is 310 g/mol. The molecule has 0 radical (unpaired) electrons. The largest absolute Gasteiger partial charge is 0.342 e. The molecule has 3 aromatic rings. The molecule has 3 nitrogen and oxygen atoms in total. The first-order valence-electron chi connectivity index (χ1n) is 5.65. The molecule has 0 fully saturated rings. The van der Waals surface area contributed by atoms with E-state index in [1.54, 1.807) is 11.3 Å². The maximum atomic E-state index is 6.19. The number of para-hydroxylation sites is 2. The van der Waals surface area contributed by atoms with Crippen molar-refractivity contribution in [2.45, 2.75) is 12.5 Å². The van der Waals surface area contributed by atoms with Crippen molar-refractivity contribution in [3.05, 3.63) is 50.9 Å². The third-order valence-corrected chi connectivity index (χ3v) is 4.63. The van der Waals surface area contributed by atoms with Gasteiger partial charge in [-0.1, -0.05) is 12.1 Å². The summed E-state index contributed by atoms with van der Waals surface area (Å²) in [6.45, 7) is 0. The van der Waals surface area contributed by atoms with Gasteiger partial charge in [0.05, 0.1) is 11.0 Å². The highest BCUT2D eigenvalue weighted by atomic mass is 79.9. The highest BCUT2D eigenvalue weighted by Crippen LogP contribution is 2.26. The normalized spacial score (nSPS) is 13.0. The minimum absolute atomic E-state index is 0.0122. The van der Waals surface area contributed by atoms with Gasteiger partial charge in [0, 0.05) is 27.2 Å². The first-order valence-corrected chi connectivity index (χ1v) is 7.33. The average Bonchev–Trinajstić information content (AvgIpc) is 2.94. The van der Waals surface area contributed by atoms with E-state index in [1.807, 2.05) is 29.6 Å². The topological polar surface area (TPSA) is 54.7 Å². The monoisotopic (exact) mass is 321 g/mol. The van der Waals surface area contributed by atoms with Crippen molar-refractivity contribution in [3.63, 3.8) is 0 Å². The Kier molecular flexibility index (Phi) is 3.20. The van der Waals surface area contributed by atoms with E-state index in [4.69, 9.17) is 5.73 Å². The van der Waals surface area contributed by atoms with Gasteiger partial charge < -0.3 is 10.7 Å². The smallest absolute Gasteiger partial charge is 0.109 e. The van der Waals surface area contributed by atoms with E-state index in [0.29, 0.717) is 0 Å². The minimum Gasteiger partial charge on any atom is -0.342 e. The molecule has 0 saturated heterocycles. The Balaban J connectivity index is 1.83. The van der Waals surface area contributed by atoms with Crippen LogP contribution in [0.25, 0.3) is 11.0 Å². The van der Waals surface area contributed by atoms with E-state index in [2.05, 4.69) is 32.0 Å². The number of nitrogens with two attached hydrogens (primary N) is 1. The lowest BCUT2D eigenvalue weighted by Crippen LogP contribution is -2.12. The highest BCUT2D eigenvalue weighted by Gasteiger charge is 2.12. The third-order valence-electron chi connectivity index (χ3n) is 2.80. The molecule has 0 spiro atoms. The SMILES string of the molecule is N[C@@H](Cc1nc2ccccc2[nH]1)c1cc(Br)cs1. The van der Waals surface area contributed by atoms with Crippen LogP contribution in [0.2, 0.25) is 0 Å². The zero-order valence-electron chi connectivity index (χ0n) is 9.56. The van der Waals surface area contributed by atoms with Crippen LogP contribution in [0.4, 0.5) is 0 Å². The van der Waals surface area contributed by atoms with Crippen LogP contribution in [0.1, 0.15) is 16.7 Å². The van der Waals surface area contributed by atoms with Gasteiger partial charge in [-0.05, 0) is 34.1 Å². The van der Waals surface area contributed by atoms with Gasteiger partial charge in [0.25, 0.3) is 0 Å². The van der Waals surface area contributed by atoms with Crippen molar-refractivity contribution in [1.82, 2.24) is 9.97 Å². The Morgan fingerprint density at radius 3 is 2.94 bits per heavy atom. The average molecular weight is 322 g/mol. The molecule has 2 aromatic heterocycles. The number of aromatic nitrogens is 2. The van der Waals surface area contributed by atoms with Crippen molar-refractivity contribution in [1.29, 1.82) is 0 Å². The van der Waals surface area contributed by atoms with Gasteiger partial charge in [0.2, 0.25) is 0 Å². The van der Waals surface area contributed by atoms with E-state index in [-0.39, 0.29) is 6.04 Å². The number of fused-ring (bicyclic) bond motifs is 1. The van der Waals surface area contributed by atoms with Crippen LogP contribution in [-0.2, 0) is 6.42 Å². The lowest BCUT2D eigenvalue weighted by Gasteiger charge is -2.06. The van der Waals surface area contributed by atoms with Gasteiger partial charge in [0.15, 0.2) is 0 Å². The molecule has 3 rings (SSSR count). The van der Waals surface area contributed by atoms with Crippen LogP contribution >= 0.6 is 27.3 Å². The molecule has 0 aliphatic rings. The van der Waals surface area contributed by atoms with Crippen LogP contribution in [0.5, 0.6) is 0 Å². The molecule has 18 heavy (non-hydrogen) atoms. The zero-order chi connectivity index (χ0) is 12.5. The fraction of sp³-hybridized carbons (Fsp3) is 0.154. The Bertz CT molecular complexity index is 640. The predicted molar refractivity (Wildman–Crippen MR) is 78.7 cm³/mol. The van der Waals surface area contributed by atoms with E-state index in [9.17, 15) is 0 Å². The van der Waals surface area contributed by atoms with Crippen molar-refractivity contribution in [3.8, 4) is 0 Å². The standard InChI is InChI=1S/C13H12BrN3S/c14-8-5-12(18-7-8)9(15)6-13-16-10-3-1-2-4-11(10)17-13/h1-5,7,9H,6,15H2,(H,16,17)/t9-/m0/s1. The van der Waals surface area contributed by atoms with Crippen molar-refractivity contribution >= 4 is 38.3 Å². The van der Waals surface area contributed by atoms with Gasteiger partial charge >= 0.3 is 0 Å². The quantitative estimate of drug-likeness (QED) is 0.774. The number of hydrogen-bond donors (Lipinski definition) is 2. The number of halogens is 1. The summed E-state index contributed by atoms with van der Waals surface area (Å²) in [7, 11) is 0. The second-order valence-corrected chi connectivity index (χ2v) is 6.04. The first kappa shape index (κ1) is 11.9. The highest BCUT2D eigenvalue weighted by molar-refractivity contribution is 9.10. The molecule has 1 aromatic carbocycles. The number of benzene rings is 1. The number of nitrogens with one attached hydrogen (secondary N) is 1. The summed E-state index contributed by atoms with van der Waals surface area (Å²) < 4.78 is 1.09. The summed E-state index contributed by atoms with van der Waals surface area (Å²) >= 11 is 5.12. The Morgan fingerprint density at radius 1 is 1.39 bits per heavy atom. The molecule has 0 aliphatic heterocycles. The number of aromatic amines is 1. The van der Waals surface area contributed by atoms with Gasteiger partial charge in [-0.3, -0.25) is 0 Å². The summed E-state index contributed by atoms with van der Waals surface area (Å²) in [5, 5.41) is 2.05. The van der Waals surface area contributed by atoms with Crippen molar-refractivity contribution in [2.75, 3.05) is 0 Å². The fourth-order valence-corrected chi connectivity index (χ4v) is 3.38. The second-order valence-electron chi connectivity index (χ2n) is 4.18. The lowest BCUT2D eigenvalue weighted by molar-refractivity contribution is 0.709. The van der Waals surface area contributed by atoms with Crippen LogP contribution in [0.3, 0.4) is 0 Å². The lowest BCUT2D eigenvalue weighted by atomic mass is 10.2. The number of hydrogen-bond acceptors (Lipinski definition) is 3. The van der Waals surface area contributed by atoms with Crippen molar-refractivity contribution in [2.24, 2.45) is 5.73 Å². The van der Waals surface area contributed by atoms with Gasteiger partial charge in [0.1, 0.15) is 5.82 Å². The molecule has 0 saturated carbocycles. The van der Waals surface area contributed by atoms with Crippen LogP contribution in [0, 0.1) is 0 Å². The summed E-state index contributed by atoms with van der Waals surface area (Å²) in [6, 6.07) is 10.1. The van der Waals surface area contributed by atoms with Crippen LogP contribution in [-0.4, -0.2) is 9.97 Å². The van der Waals surface area contributed by atoms with E-state index >= 15 is 0 Å². The number of thiophene rings is 1. The van der Waals surface area contributed by atoms with E-state index in [1.165, 1.54) is 4.88 Å². The summed E-state index contributed by atoms with van der Waals surface area (Å²) in [5.41, 5.74) is 8.25. The number of rotatable bonds is 3. The number of H-pyrrole nitrogens is 1. The van der Waals surface area contributed by atoms with Crippen LogP contribution in [0.15, 0.2) is 40.2 Å². The molecule has 2 heterocycles. The summed E-state index contributed by atoms with van der Waals surface area (Å²) in [4.78, 5) is 9.02.